The number of benzene rings is 1. The van der Waals surface area contributed by atoms with Crippen LogP contribution >= 0.6 is 15.9 Å². The van der Waals surface area contributed by atoms with Gasteiger partial charge in [0.15, 0.2) is 4.67 Å². The molecule has 0 saturated heterocycles. The number of amides is 1. The minimum absolute atomic E-state index is 0.0214. The molecule has 110 valence electrons. The number of rotatable bonds is 6. The summed E-state index contributed by atoms with van der Waals surface area (Å²) in [5.41, 5.74) is 1.25. The third-order valence-corrected chi connectivity index (χ3v) is 3.63. The van der Waals surface area contributed by atoms with E-state index in [1.165, 1.54) is 6.26 Å². The van der Waals surface area contributed by atoms with Gasteiger partial charge in [-0.25, -0.2) is 0 Å². The molecule has 1 heterocycles. The highest BCUT2D eigenvalue weighted by molar-refractivity contribution is 9.10. The third kappa shape index (κ3) is 4.19. The Morgan fingerprint density at radius 2 is 1.95 bits per heavy atom. The number of aliphatic carboxylic acids is 1. The van der Waals surface area contributed by atoms with E-state index >= 15 is 0 Å². The van der Waals surface area contributed by atoms with Crippen molar-refractivity contribution in [3.63, 3.8) is 0 Å². The second-order valence-corrected chi connectivity index (χ2v) is 5.20. The lowest BCUT2D eigenvalue weighted by Gasteiger charge is -2.18. The molecule has 0 aliphatic rings. The zero-order chi connectivity index (χ0) is 15.2. The topological polar surface area (TPSA) is 79.5 Å². The van der Waals surface area contributed by atoms with E-state index in [2.05, 4.69) is 21.2 Å². The molecule has 0 radical (unpaired) electrons. The summed E-state index contributed by atoms with van der Waals surface area (Å²) < 4.78 is 5.38. The second-order valence-electron chi connectivity index (χ2n) is 4.48. The van der Waals surface area contributed by atoms with Crippen molar-refractivity contribution in [2.75, 3.05) is 0 Å². The van der Waals surface area contributed by atoms with Gasteiger partial charge in [-0.15, -0.1) is 0 Å². The molecular formula is C15H14BrNO4. The fourth-order valence-corrected chi connectivity index (χ4v) is 2.39. The molecule has 6 heteroatoms. The predicted molar refractivity (Wildman–Crippen MR) is 79.9 cm³/mol. The first-order valence-corrected chi connectivity index (χ1v) is 7.18. The maximum atomic E-state index is 12.2. The molecule has 0 aliphatic carbocycles. The molecule has 2 rings (SSSR count). The molecule has 0 aliphatic heterocycles. The Balaban J connectivity index is 2.14. The molecule has 2 N–H and O–H groups in total. The van der Waals surface area contributed by atoms with Gasteiger partial charge in [0, 0.05) is 6.42 Å². The summed E-state index contributed by atoms with van der Waals surface area (Å²) in [7, 11) is 0. The molecule has 5 nitrogen and oxygen atoms in total. The molecule has 2 aromatic rings. The van der Waals surface area contributed by atoms with Crippen LogP contribution in [0.25, 0.3) is 0 Å². The van der Waals surface area contributed by atoms with Gasteiger partial charge in [-0.1, -0.05) is 30.3 Å². The summed E-state index contributed by atoms with van der Waals surface area (Å²) in [6, 6.07) is 10.5. The van der Waals surface area contributed by atoms with Gasteiger partial charge in [0.25, 0.3) is 5.91 Å². The Hall–Kier alpha value is -2.08. The molecule has 1 unspecified atom stereocenters. The van der Waals surface area contributed by atoms with Crippen molar-refractivity contribution in [1.82, 2.24) is 5.32 Å². The van der Waals surface area contributed by atoms with Crippen molar-refractivity contribution in [2.45, 2.75) is 18.9 Å². The van der Waals surface area contributed by atoms with E-state index in [1.807, 2.05) is 30.3 Å². The SMILES string of the molecule is O=C(O)CCC(NC(=O)c1ccoc1Br)c1ccccc1. The van der Waals surface area contributed by atoms with Gasteiger partial charge in [0.1, 0.15) is 0 Å². The van der Waals surface area contributed by atoms with Crippen LogP contribution in [0.1, 0.15) is 34.8 Å². The first kappa shape index (κ1) is 15.3. The van der Waals surface area contributed by atoms with E-state index in [4.69, 9.17) is 9.52 Å². The summed E-state index contributed by atoms with van der Waals surface area (Å²) >= 11 is 3.15. The van der Waals surface area contributed by atoms with Gasteiger partial charge < -0.3 is 14.8 Å². The van der Waals surface area contributed by atoms with Gasteiger partial charge in [-0.05, 0) is 34.0 Å². The van der Waals surface area contributed by atoms with Crippen molar-refractivity contribution in [2.24, 2.45) is 0 Å². The number of hydrogen-bond acceptors (Lipinski definition) is 3. The quantitative estimate of drug-likeness (QED) is 0.835. The number of halogens is 1. The molecule has 0 saturated carbocycles. The largest absolute Gasteiger partial charge is 0.481 e. The Bertz CT molecular complexity index is 624. The van der Waals surface area contributed by atoms with Gasteiger partial charge in [-0.3, -0.25) is 9.59 Å². The highest BCUT2D eigenvalue weighted by Crippen LogP contribution is 2.22. The second kappa shape index (κ2) is 7.08. The molecule has 1 aromatic carbocycles. The van der Waals surface area contributed by atoms with Crippen molar-refractivity contribution in [3.8, 4) is 0 Å². The predicted octanol–water partition coefficient (Wildman–Crippen LogP) is 3.38. The van der Waals surface area contributed by atoms with Crippen molar-refractivity contribution >= 4 is 27.8 Å². The average molecular weight is 352 g/mol. The van der Waals surface area contributed by atoms with Gasteiger partial charge in [-0.2, -0.15) is 0 Å². The number of nitrogens with one attached hydrogen (secondary N) is 1. The first-order chi connectivity index (χ1) is 10.1. The molecule has 21 heavy (non-hydrogen) atoms. The summed E-state index contributed by atoms with van der Waals surface area (Å²) in [5.74, 6) is -1.20. The number of furan rings is 1. The third-order valence-electron chi connectivity index (χ3n) is 3.02. The van der Waals surface area contributed by atoms with Crippen molar-refractivity contribution < 1.29 is 19.1 Å². The van der Waals surface area contributed by atoms with E-state index < -0.39 is 5.97 Å². The van der Waals surface area contributed by atoms with Crippen LogP contribution in [-0.2, 0) is 4.79 Å². The minimum atomic E-state index is -0.894. The Labute approximate surface area is 130 Å². The molecule has 0 bridgehead atoms. The first-order valence-electron chi connectivity index (χ1n) is 6.38. The zero-order valence-electron chi connectivity index (χ0n) is 11.1. The van der Waals surface area contributed by atoms with Crippen LogP contribution in [0.15, 0.2) is 51.7 Å². The van der Waals surface area contributed by atoms with E-state index in [1.54, 1.807) is 6.07 Å². The van der Waals surface area contributed by atoms with Gasteiger partial charge in [0.2, 0.25) is 0 Å². The van der Waals surface area contributed by atoms with Crippen molar-refractivity contribution in [3.05, 3.63) is 58.5 Å². The Morgan fingerprint density at radius 3 is 2.52 bits per heavy atom. The molecule has 0 spiro atoms. The molecular weight excluding hydrogens is 338 g/mol. The number of carboxylic acid groups (broad SMARTS) is 1. The van der Waals surface area contributed by atoms with Crippen LogP contribution in [0.3, 0.4) is 0 Å². The Kier molecular flexibility index (Phi) is 5.16. The minimum Gasteiger partial charge on any atom is -0.481 e. The van der Waals surface area contributed by atoms with E-state index in [-0.39, 0.29) is 18.4 Å². The maximum Gasteiger partial charge on any atom is 0.303 e. The van der Waals surface area contributed by atoms with E-state index in [9.17, 15) is 9.59 Å². The smallest absolute Gasteiger partial charge is 0.303 e. The number of carbonyl (C=O) groups is 2. The summed E-state index contributed by atoms with van der Waals surface area (Å²) in [6.07, 6.45) is 1.71. The average Bonchev–Trinajstić information content (AvgIpc) is 2.90. The molecule has 1 atom stereocenters. The number of carbonyl (C=O) groups excluding carboxylic acids is 1. The number of carboxylic acids is 1. The monoisotopic (exact) mass is 351 g/mol. The lowest BCUT2D eigenvalue weighted by Crippen LogP contribution is -2.29. The fourth-order valence-electron chi connectivity index (χ4n) is 1.97. The zero-order valence-corrected chi connectivity index (χ0v) is 12.7. The normalized spacial score (nSPS) is 11.9. The van der Waals surface area contributed by atoms with Crippen LogP contribution < -0.4 is 5.32 Å². The van der Waals surface area contributed by atoms with Crippen LogP contribution in [0, 0.1) is 0 Å². The Morgan fingerprint density at radius 1 is 1.24 bits per heavy atom. The molecule has 0 fully saturated rings. The van der Waals surface area contributed by atoms with Gasteiger partial charge in [0.05, 0.1) is 17.9 Å². The maximum absolute atomic E-state index is 12.2. The summed E-state index contributed by atoms with van der Waals surface area (Å²) in [5, 5.41) is 11.7. The highest BCUT2D eigenvalue weighted by atomic mass is 79.9. The van der Waals surface area contributed by atoms with E-state index in [0.717, 1.165) is 5.56 Å². The molecule has 1 amide bonds. The van der Waals surface area contributed by atoms with E-state index in [0.29, 0.717) is 16.7 Å². The van der Waals surface area contributed by atoms with Crippen LogP contribution in [-0.4, -0.2) is 17.0 Å². The van der Waals surface area contributed by atoms with Crippen LogP contribution in [0.4, 0.5) is 0 Å². The fraction of sp³-hybridized carbons (Fsp3) is 0.200. The van der Waals surface area contributed by atoms with Crippen LogP contribution in [0.2, 0.25) is 0 Å². The lowest BCUT2D eigenvalue weighted by molar-refractivity contribution is -0.137. The standard InChI is InChI=1S/C15H14BrNO4/c16-14-11(8-9-21-14)15(20)17-12(6-7-13(18)19)10-4-2-1-3-5-10/h1-5,8-9,12H,6-7H2,(H,17,20)(H,18,19). The van der Waals surface area contributed by atoms with Crippen LogP contribution in [0.5, 0.6) is 0 Å². The molecule has 1 aromatic heterocycles. The summed E-state index contributed by atoms with van der Waals surface area (Å²) in [4.78, 5) is 23.0. The highest BCUT2D eigenvalue weighted by Gasteiger charge is 2.19. The van der Waals surface area contributed by atoms with Crippen molar-refractivity contribution in [1.29, 1.82) is 0 Å². The van der Waals surface area contributed by atoms with Gasteiger partial charge >= 0.3 is 5.97 Å². The summed E-state index contributed by atoms with van der Waals surface area (Å²) in [6.45, 7) is 0. The lowest BCUT2D eigenvalue weighted by atomic mass is 10.0. The number of hydrogen-bond donors (Lipinski definition) is 2.